The summed E-state index contributed by atoms with van der Waals surface area (Å²) in [5.41, 5.74) is 1.37. The molecule has 6 heteroatoms. The maximum absolute atomic E-state index is 12.1. The number of hydrogen-bond acceptors (Lipinski definition) is 4. The second-order valence-electron chi connectivity index (χ2n) is 6.85. The van der Waals surface area contributed by atoms with Crippen LogP contribution >= 0.6 is 11.8 Å². The van der Waals surface area contributed by atoms with E-state index in [1.54, 1.807) is 6.20 Å². The van der Waals surface area contributed by atoms with Crippen LogP contribution in [0.4, 0.5) is 0 Å². The summed E-state index contributed by atoms with van der Waals surface area (Å²) in [6, 6.07) is 11.2. The lowest BCUT2D eigenvalue weighted by molar-refractivity contribution is -0.118. The fraction of sp³-hybridized carbons (Fsp3) is 0.500. The lowest BCUT2D eigenvalue weighted by atomic mass is 9.98. The quantitative estimate of drug-likeness (QED) is 0.724. The Morgan fingerprint density at radius 2 is 2.15 bits per heavy atom. The Hall–Kier alpha value is -1.79. The van der Waals surface area contributed by atoms with Gasteiger partial charge < -0.3 is 9.88 Å². The first kappa shape index (κ1) is 19.0. The molecule has 0 aliphatic carbocycles. The molecule has 1 amide bonds. The molecule has 0 bridgehead atoms. The molecule has 1 aliphatic heterocycles. The number of nitrogens with one attached hydrogen (secondary N) is 1. The molecule has 1 fully saturated rings. The van der Waals surface area contributed by atoms with Gasteiger partial charge in [-0.3, -0.25) is 9.69 Å². The molecule has 140 valence electrons. The van der Waals surface area contributed by atoms with Gasteiger partial charge >= 0.3 is 0 Å². The van der Waals surface area contributed by atoms with Crippen molar-refractivity contribution in [2.75, 3.05) is 18.8 Å². The Labute approximate surface area is 160 Å². The maximum Gasteiger partial charge on any atom is 0.230 e. The third kappa shape index (κ3) is 5.61. The average Bonchev–Trinajstić information content (AvgIpc) is 3.07. The molecule has 1 aromatic heterocycles. The van der Waals surface area contributed by atoms with Crippen molar-refractivity contribution in [3.05, 3.63) is 48.3 Å². The summed E-state index contributed by atoms with van der Waals surface area (Å²) in [6.45, 7) is 2.91. The zero-order valence-electron chi connectivity index (χ0n) is 15.4. The van der Waals surface area contributed by atoms with Crippen molar-refractivity contribution in [3.63, 3.8) is 0 Å². The summed E-state index contributed by atoms with van der Waals surface area (Å²) >= 11 is 1.48. The van der Waals surface area contributed by atoms with Crippen molar-refractivity contribution >= 4 is 17.7 Å². The number of carbonyl (C=O) groups is 1. The molecule has 5 nitrogen and oxygen atoms in total. The van der Waals surface area contributed by atoms with Crippen LogP contribution in [0.5, 0.6) is 0 Å². The molecule has 2 heterocycles. The molecule has 26 heavy (non-hydrogen) atoms. The second kappa shape index (κ2) is 9.78. The molecule has 0 saturated carbocycles. The first-order chi connectivity index (χ1) is 12.7. The van der Waals surface area contributed by atoms with Crippen LogP contribution in [0.25, 0.3) is 0 Å². The van der Waals surface area contributed by atoms with Gasteiger partial charge in [-0.2, -0.15) is 0 Å². The number of carbonyl (C=O) groups excluding carboxylic acids is 1. The minimum absolute atomic E-state index is 0.0865. The van der Waals surface area contributed by atoms with Crippen molar-refractivity contribution in [2.45, 2.75) is 43.4 Å². The smallest absolute Gasteiger partial charge is 0.230 e. The summed E-state index contributed by atoms with van der Waals surface area (Å²) in [5, 5.41) is 3.95. The molecule has 1 N–H and O–H groups in total. The number of benzene rings is 1. The average molecular weight is 373 g/mol. The largest absolute Gasteiger partial charge is 0.355 e. The number of imidazole rings is 1. The normalized spacial score (nSPS) is 18.0. The number of hydrogen-bond donors (Lipinski definition) is 1. The van der Waals surface area contributed by atoms with E-state index in [4.69, 9.17) is 0 Å². The predicted molar refractivity (Wildman–Crippen MR) is 106 cm³/mol. The van der Waals surface area contributed by atoms with Crippen molar-refractivity contribution < 1.29 is 4.79 Å². The van der Waals surface area contributed by atoms with Crippen LogP contribution in [0.2, 0.25) is 0 Å². The van der Waals surface area contributed by atoms with Crippen LogP contribution in [0.15, 0.2) is 47.9 Å². The van der Waals surface area contributed by atoms with E-state index in [0.29, 0.717) is 11.8 Å². The summed E-state index contributed by atoms with van der Waals surface area (Å²) in [4.78, 5) is 18.9. The van der Waals surface area contributed by atoms with Gasteiger partial charge in [0.2, 0.25) is 5.91 Å². The van der Waals surface area contributed by atoms with Crippen LogP contribution in [0, 0.1) is 0 Å². The molecule has 1 aliphatic rings. The fourth-order valence-electron chi connectivity index (χ4n) is 3.46. The highest BCUT2D eigenvalue weighted by Gasteiger charge is 2.22. The van der Waals surface area contributed by atoms with E-state index < -0.39 is 0 Å². The van der Waals surface area contributed by atoms with E-state index >= 15 is 0 Å². The Balaban J connectivity index is 1.40. The van der Waals surface area contributed by atoms with Crippen LogP contribution in [0.3, 0.4) is 0 Å². The Morgan fingerprint density at radius 1 is 1.31 bits per heavy atom. The highest BCUT2D eigenvalue weighted by atomic mass is 32.2. The van der Waals surface area contributed by atoms with Crippen molar-refractivity contribution in [1.29, 1.82) is 0 Å². The SMILES string of the molecule is Cn1ccnc1SCC(=O)NCCC1CCCCN1Cc1ccccc1. The van der Waals surface area contributed by atoms with E-state index in [9.17, 15) is 4.79 Å². The number of aromatic nitrogens is 2. The molecule has 1 aromatic carbocycles. The standard InChI is InChI=1S/C20H28N4OS/c1-23-14-12-22-20(23)26-16-19(25)21-11-10-18-9-5-6-13-24(18)15-17-7-3-2-4-8-17/h2-4,7-8,12,14,18H,5-6,9-11,13,15-16H2,1H3,(H,21,25). The molecular weight excluding hydrogens is 344 g/mol. The minimum atomic E-state index is 0.0865. The van der Waals surface area contributed by atoms with Crippen LogP contribution in [0.1, 0.15) is 31.2 Å². The molecular formula is C20H28N4OS. The third-order valence-electron chi connectivity index (χ3n) is 4.89. The fourth-order valence-corrected chi connectivity index (χ4v) is 4.23. The van der Waals surface area contributed by atoms with Gasteiger partial charge in [0.15, 0.2) is 5.16 Å². The highest BCUT2D eigenvalue weighted by Crippen LogP contribution is 2.21. The zero-order chi connectivity index (χ0) is 18.2. The van der Waals surface area contributed by atoms with Crippen LogP contribution in [-0.4, -0.2) is 45.2 Å². The number of rotatable bonds is 8. The summed E-state index contributed by atoms with van der Waals surface area (Å²) in [7, 11) is 1.94. The molecule has 1 atom stereocenters. The third-order valence-corrected chi connectivity index (χ3v) is 5.94. The number of thioether (sulfide) groups is 1. The van der Waals surface area contributed by atoms with E-state index in [0.717, 1.165) is 31.2 Å². The van der Waals surface area contributed by atoms with Gasteiger partial charge in [0.1, 0.15) is 0 Å². The van der Waals surface area contributed by atoms with Gasteiger partial charge in [-0.05, 0) is 31.4 Å². The van der Waals surface area contributed by atoms with E-state index in [-0.39, 0.29) is 5.91 Å². The summed E-state index contributed by atoms with van der Waals surface area (Å²) < 4.78 is 1.93. The highest BCUT2D eigenvalue weighted by molar-refractivity contribution is 7.99. The van der Waals surface area contributed by atoms with Gasteiger partial charge in [-0.25, -0.2) is 4.98 Å². The maximum atomic E-state index is 12.1. The van der Waals surface area contributed by atoms with Gasteiger partial charge in [0, 0.05) is 38.6 Å². The first-order valence-corrected chi connectivity index (χ1v) is 10.4. The van der Waals surface area contributed by atoms with Crippen molar-refractivity contribution in [3.8, 4) is 0 Å². The second-order valence-corrected chi connectivity index (χ2v) is 7.80. The predicted octanol–water partition coefficient (Wildman–Crippen LogP) is 3.07. The molecule has 1 saturated heterocycles. The van der Waals surface area contributed by atoms with Crippen LogP contribution in [-0.2, 0) is 18.4 Å². The number of likely N-dealkylation sites (tertiary alicyclic amines) is 1. The van der Waals surface area contributed by atoms with Gasteiger partial charge in [0.25, 0.3) is 0 Å². The molecule has 0 radical (unpaired) electrons. The van der Waals surface area contributed by atoms with Crippen molar-refractivity contribution in [2.24, 2.45) is 7.05 Å². The number of aryl methyl sites for hydroxylation is 1. The number of nitrogens with zero attached hydrogens (tertiary/aromatic N) is 3. The van der Waals surface area contributed by atoms with Crippen molar-refractivity contribution in [1.82, 2.24) is 19.8 Å². The minimum Gasteiger partial charge on any atom is -0.355 e. The van der Waals surface area contributed by atoms with E-state index in [1.807, 2.05) is 17.8 Å². The lowest BCUT2D eigenvalue weighted by Crippen LogP contribution is -2.41. The summed E-state index contributed by atoms with van der Waals surface area (Å²) in [6.07, 6.45) is 8.46. The molecule has 3 rings (SSSR count). The Bertz CT molecular complexity index is 688. The van der Waals surface area contributed by atoms with Gasteiger partial charge in [-0.15, -0.1) is 0 Å². The van der Waals surface area contributed by atoms with E-state index in [1.165, 1.54) is 36.6 Å². The monoisotopic (exact) mass is 372 g/mol. The number of piperidine rings is 1. The van der Waals surface area contributed by atoms with E-state index in [2.05, 4.69) is 45.5 Å². The van der Waals surface area contributed by atoms with Crippen LogP contribution < -0.4 is 5.32 Å². The topological polar surface area (TPSA) is 50.2 Å². The molecule has 1 unspecified atom stereocenters. The Kier molecular flexibility index (Phi) is 7.14. The molecule has 2 aromatic rings. The first-order valence-electron chi connectivity index (χ1n) is 9.37. The number of amides is 1. The summed E-state index contributed by atoms with van der Waals surface area (Å²) in [5.74, 6) is 0.506. The molecule has 0 spiro atoms. The zero-order valence-corrected chi connectivity index (χ0v) is 16.3. The van der Waals surface area contributed by atoms with Gasteiger partial charge in [0.05, 0.1) is 5.75 Å². The lowest BCUT2D eigenvalue weighted by Gasteiger charge is -2.36. The van der Waals surface area contributed by atoms with Gasteiger partial charge in [-0.1, -0.05) is 48.5 Å². The Morgan fingerprint density at radius 3 is 2.92 bits per heavy atom.